The summed E-state index contributed by atoms with van der Waals surface area (Å²) in [6.07, 6.45) is 5.36. The lowest BCUT2D eigenvalue weighted by Crippen LogP contribution is -2.37. The number of aryl methyl sites for hydroxylation is 1. The van der Waals surface area contributed by atoms with Crippen molar-refractivity contribution in [1.82, 2.24) is 19.6 Å². The number of H-pyrrole nitrogens is 1. The van der Waals surface area contributed by atoms with E-state index in [1.165, 1.54) is 6.20 Å². The van der Waals surface area contributed by atoms with Crippen LogP contribution in [0, 0.1) is 0 Å². The number of nitrogens with one attached hydrogen (secondary N) is 2. The number of nitrogens with zero attached hydrogens (tertiary/aromatic N) is 2. The van der Waals surface area contributed by atoms with E-state index in [1.54, 1.807) is 0 Å². The Labute approximate surface area is 125 Å². The molecule has 2 N–H and O–H groups in total. The number of piperidine rings is 1. The maximum atomic E-state index is 12.0. The number of imidazole rings is 1. The molecule has 7 nitrogen and oxygen atoms in total. The number of hydrogen-bond donors (Lipinski definition) is 2. The van der Waals surface area contributed by atoms with Gasteiger partial charge in [0.2, 0.25) is 5.91 Å². The third-order valence-electron chi connectivity index (χ3n) is 3.57. The SMILES string of the molecule is CCc1ncc(S(=O)(=O)NCCC(=O)N2CCCCC2)[nH]1. The van der Waals surface area contributed by atoms with Crippen molar-refractivity contribution in [2.75, 3.05) is 19.6 Å². The van der Waals surface area contributed by atoms with Crippen molar-refractivity contribution in [2.45, 2.75) is 44.1 Å². The Balaban J connectivity index is 1.82. The molecule has 1 aromatic rings. The van der Waals surface area contributed by atoms with Crippen molar-refractivity contribution in [3.8, 4) is 0 Å². The zero-order chi connectivity index (χ0) is 15.3. The van der Waals surface area contributed by atoms with Gasteiger partial charge in [-0.15, -0.1) is 0 Å². The van der Waals surface area contributed by atoms with Gasteiger partial charge in [-0.05, 0) is 19.3 Å². The highest BCUT2D eigenvalue weighted by Gasteiger charge is 2.19. The Bertz CT molecular complexity index is 576. The predicted octanol–water partition coefficient (Wildman–Crippen LogP) is 0.653. The first-order valence-electron chi connectivity index (χ1n) is 7.34. The van der Waals surface area contributed by atoms with Crippen LogP contribution in [0.2, 0.25) is 0 Å². The number of sulfonamides is 1. The Morgan fingerprint density at radius 1 is 1.38 bits per heavy atom. The molecule has 0 unspecified atom stereocenters. The van der Waals surface area contributed by atoms with Gasteiger partial charge in [-0.3, -0.25) is 4.79 Å². The van der Waals surface area contributed by atoms with Crippen molar-refractivity contribution in [1.29, 1.82) is 0 Å². The van der Waals surface area contributed by atoms with E-state index in [1.807, 2.05) is 11.8 Å². The van der Waals surface area contributed by atoms with Gasteiger partial charge in [0.15, 0.2) is 5.03 Å². The number of hydrogen-bond acceptors (Lipinski definition) is 4. The molecule has 21 heavy (non-hydrogen) atoms. The standard InChI is InChI=1S/C13H22N4O3S/c1-2-11-14-10-12(16-11)21(19,20)15-7-6-13(18)17-8-4-3-5-9-17/h10,15H,2-9H2,1H3,(H,14,16). The van der Waals surface area contributed by atoms with Crippen LogP contribution in [-0.4, -0.2) is 48.8 Å². The van der Waals surface area contributed by atoms with Crippen molar-refractivity contribution in [3.63, 3.8) is 0 Å². The molecule has 1 saturated heterocycles. The van der Waals surface area contributed by atoms with Gasteiger partial charge in [-0.2, -0.15) is 0 Å². The van der Waals surface area contributed by atoms with Crippen LogP contribution < -0.4 is 4.72 Å². The van der Waals surface area contributed by atoms with Crippen LogP contribution in [-0.2, 0) is 21.2 Å². The zero-order valence-corrected chi connectivity index (χ0v) is 13.1. The summed E-state index contributed by atoms with van der Waals surface area (Å²) in [5.41, 5.74) is 0. The highest BCUT2D eigenvalue weighted by molar-refractivity contribution is 7.89. The third-order valence-corrected chi connectivity index (χ3v) is 4.94. The van der Waals surface area contributed by atoms with Gasteiger partial charge in [-0.1, -0.05) is 6.92 Å². The summed E-state index contributed by atoms with van der Waals surface area (Å²) in [7, 11) is -3.61. The third kappa shape index (κ3) is 4.28. The first kappa shape index (κ1) is 16.0. The fraction of sp³-hybridized carbons (Fsp3) is 0.692. The lowest BCUT2D eigenvalue weighted by atomic mass is 10.1. The zero-order valence-electron chi connectivity index (χ0n) is 12.3. The minimum Gasteiger partial charge on any atom is -0.343 e. The summed E-state index contributed by atoms with van der Waals surface area (Å²) in [4.78, 5) is 20.5. The Morgan fingerprint density at radius 2 is 2.10 bits per heavy atom. The molecule has 0 aromatic carbocycles. The Hall–Kier alpha value is -1.41. The molecule has 0 bridgehead atoms. The molecule has 1 aromatic heterocycles. The first-order valence-corrected chi connectivity index (χ1v) is 8.82. The van der Waals surface area contributed by atoms with Gasteiger partial charge in [0.05, 0.1) is 6.20 Å². The van der Waals surface area contributed by atoms with Gasteiger partial charge in [0.1, 0.15) is 5.82 Å². The van der Waals surface area contributed by atoms with E-state index < -0.39 is 10.0 Å². The minimum absolute atomic E-state index is 0.0104. The second-order valence-corrected chi connectivity index (χ2v) is 6.87. The highest BCUT2D eigenvalue weighted by Crippen LogP contribution is 2.10. The van der Waals surface area contributed by atoms with Crippen molar-refractivity contribution in [3.05, 3.63) is 12.0 Å². The van der Waals surface area contributed by atoms with Crippen LogP contribution in [0.1, 0.15) is 38.4 Å². The number of aromatic nitrogens is 2. The molecular weight excluding hydrogens is 292 g/mol. The molecule has 118 valence electrons. The summed E-state index contributed by atoms with van der Waals surface area (Å²) >= 11 is 0. The Morgan fingerprint density at radius 3 is 2.71 bits per heavy atom. The van der Waals surface area contributed by atoms with Crippen LogP contribution in [0.3, 0.4) is 0 Å². The molecule has 2 rings (SSSR count). The summed E-state index contributed by atoms with van der Waals surface area (Å²) in [5, 5.41) is 0.0461. The topological polar surface area (TPSA) is 95.2 Å². The van der Waals surface area contributed by atoms with E-state index in [9.17, 15) is 13.2 Å². The van der Waals surface area contributed by atoms with Crippen LogP contribution in [0.4, 0.5) is 0 Å². The normalized spacial score (nSPS) is 16.1. The number of carbonyl (C=O) groups excluding carboxylic acids is 1. The van der Waals surface area contributed by atoms with E-state index in [2.05, 4.69) is 14.7 Å². The molecular formula is C13H22N4O3S. The number of carbonyl (C=O) groups is 1. The number of aromatic amines is 1. The van der Waals surface area contributed by atoms with Crippen LogP contribution in [0.15, 0.2) is 11.2 Å². The molecule has 2 heterocycles. The fourth-order valence-electron chi connectivity index (χ4n) is 2.33. The molecule has 8 heteroatoms. The van der Waals surface area contributed by atoms with Gasteiger partial charge in [-0.25, -0.2) is 18.1 Å². The summed E-state index contributed by atoms with van der Waals surface area (Å²) < 4.78 is 26.5. The van der Waals surface area contributed by atoms with Crippen LogP contribution in [0.5, 0.6) is 0 Å². The molecule has 0 aliphatic carbocycles. The molecule has 1 aliphatic heterocycles. The number of rotatable bonds is 6. The molecule has 0 atom stereocenters. The largest absolute Gasteiger partial charge is 0.343 e. The summed E-state index contributed by atoms with van der Waals surface area (Å²) in [6, 6.07) is 0. The van der Waals surface area contributed by atoms with Crippen molar-refractivity contribution >= 4 is 15.9 Å². The first-order chi connectivity index (χ1) is 10.0. The van der Waals surface area contributed by atoms with Crippen molar-refractivity contribution < 1.29 is 13.2 Å². The van der Waals surface area contributed by atoms with E-state index in [0.29, 0.717) is 12.2 Å². The molecule has 1 amide bonds. The van der Waals surface area contributed by atoms with E-state index in [4.69, 9.17) is 0 Å². The van der Waals surface area contributed by atoms with Gasteiger partial charge >= 0.3 is 0 Å². The van der Waals surface area contributed by atoms with Gasteiger partial charge in [0, 0.05) is 32.5 Å². The maximum Gasteiger partial charge on any atom is 0.257 e. The molecule has 0 radical (unpaired) electrons. The van der Waals surface area contributed by atoms with Gasteiger partial charge < -0.3 is 9.88 Å². The van der Waals surface area contributed by atoms with Crippen molar-refractivity contribution in [2.24, 2.45) is 0 Å². The second-order valence-electron chi connectivity index (χ2n) is 5.14. The van der Waals surface area contributed by atoms with Crippen LogP contribution >= 0.6 is 0 Å². The summed E-state index contributed by atoms with van der Waals surface area (Å²) in [6.45, 7) is 3.57. The number of likely N-dealkylation sites (tertiary alicyclic amines) is 1. The average Bonchev–Trinajstić information content (AvgIpc) is 2.98. The maximum absolute atomic E-state index is 12.0. The number of amides is 1. The molecule has 0 spiro atoms. The second kappa shape index (κ2) is 7.04. The lowest BCUT2D eigenvalue weighted by molar-refractivity contribution is -0.131. The smallest absolute Gasteiger partial charge is 0.257 e. The predicted molar refractivity (Wildman–Crippen MR) is 78.2 cm³/mol. The summed E-state index contributed by atoms with van der Waals surface area (Å²) in [5.74, 6) is 0.635. The average molecular weight is 314 g/mol. The quantitative estimate of drug-likeness (QED) is 0.806. The van der Waals surface area contributed by atoms with E-state index in [-0.39, 0.29) is 23.9 Å². The van der Waals surface area contributed by atoms with E-state index >= 15 is 0 Å². The fourth-order valence-corrected chi connectivity index (χ4v) is 3.30. The minimum atomic E-state index is -3.61. The monoisotopic (exact) mass is 314 g/mol. The highest BCUT2D eigenvalue weighted by atomic mass is 32.2. The molecule has 1 aliphatic rings. The van der Waals surface area contributed by atoms with E-state index in [0.717, 1.165) is 32.4 Å². The van der Waals surface area contributed by atoms with Gasteiger partial charge in [0.25, 0.3) is 10.0 Å². The van der Waals surface area contributed by atoms with Crippen LogP contribution in [0.25, 0.3) is 0 Å². The molecule has 0 saturated carbocycles. The Kier molecular flexibility index (Phi) is 5.35. The lowest BCUT2D eigenvalue weighted by Gasteiger charge is -2.26. The molecule has 1 fully saturated rings.